The van der Waals surface area contributed by atoms with Crippen LogP contribution in [0.25, 0.3) is 0 Å². The molecule has 8 heteroatoms. The summed E-state index contributed by atoms with van der Waals surface area (Å²) in [7, 11) is -1.27. The van der Waals surface area contributed by atoms with Gasteiger partial charge in [-0.05, 0) is 49.7 Å². The number of amides is 1. The highest BCUT2D eigenvalue weighted by Gasteiger charge is 2.22. The molecule has 2 aromatic carbocycles. The van der Waals surface area contributed by atoms with E-state index in [9.17, 15) is 13.2 Å². The van der Waals surface area contributed by atoms with Gasteiger partial charge in [0, 0.05) is 12.6 Å². The van der Waals surface area contributed by atoms with Crippen molar-refractivity contribution in [3.63, 3.8) is 0 Å². The average molecular weight is 392 g/mol. The summed E-state index contributed by atoms with van der Waals surface area (Å²) in [6.07, 6.45) is 0. The summed E-state index contributed by atoms with van der Waals surface area (Å²) in [5.41, 5.74) is 1.16. The van der Waals surface area contributed by atoms with Gasteiger partial charge in [-0.3, -0.25) is 9.63 Å². The van der Waals surface area contributed by atoms with Gasteiger partial charge in [0.25, 0.3) is 15.9 Å². The number of nitrogens with zero attached hydrogens (tertiary/aromatic N) is 1. The van der Waals surface area contributed by atoms with Gasteiger partial charge in [-0.25, -0.2) is 8.42 Å². The molecule has 1 amide bonds. The van der Waals surface area contributed by atoms with Gasteiger partial charge < -0.3 is 10.1 Å². The first-order chi connectivity index (χ1) is 12.8. The Hall–Kier alpha value is -2.42. The number of hydrogen-bond acceptors (Lipinski definition) is 5. The van der Waals surface area contributed by atoms with Crippen molar-refractivity contribution in [1.82, 2.24) is 9.79 Å². The van der Waals surface area contributed by atoms with E-state index in [1.54, 1.807) is 6.07 Å². The number of hydroxylamine groups is 1. The maximum atomic E-state index is 12.5. The van der Waals surface area contributed by atoms with Crippen LogP contribution in [0.2, 0.25) is 0 Å². The SMILES string of the molecule is CCOc1ccc(C(C)NC(=O)c2cccc(S(=O)(=O)N(C)OC)c2)cc1. The van der Waals surface area contributed by atoms with E-state index < -0.39 is 10.0 Å². The first-order valence-corrected chi connectivity index (χ1v) is 9.90. The molecule has 0 aliphatic rings. The van der Waals surface area contributed by atoms with Gasteiger partial charge >= 0.3 is 0 Å². The van der Waals surface area contributed by atoms with Crippen molar-refractivity contribution in [3.05, 3.63) is 59.7 Å². The lowest BCUT2D eigenvalue weighted by Gasteiger charge is -2.17. The van der Waals surface area contributed by atoms with Crippen molar-refractivity contribution >= 4 is 15.9 Å². The first-order valence-electron chi connectivity index (χ1n) is 8.46. The van der Waals surface area contributed by atoms with Crippen molar-refractivity contribution in [2.24, 2.45) is 0 Å². The average Bonchev–Trinajstić information content (AvgIpc) is 2.68. The van der Waals surface area contributed by atoms with Gasteiger partial charge in [-0.2, -0.15) is 0 Å². The van der Waals surface area contributed by atoms with Crippen LogP contribution in [0.4, 0.5) is 0 Å². The van der Waals surface area contributed by atoms with Gasteiger partial charge in [0.2, 0.25) is 0 Å². The number of hydrogen-bond donors (Lipinski definition) is 1. The molecule has 2 aromatic rings. The highest BCUT2D eigenvalue weighted by atomic mass is 32.2. The molecular weight excluding hydrogens is 368 g/mol. The van der Waals surface area contributed by atoms with Gasteiger partial charge in [-0.15, -0.1) is 0 Å². The smallest absolute Gasteiger partial charge is 0.264 e. The van der Waals surface area contributed by atoms with Crippen LogP contribution in [-0.4, -0.2) is 39.6 Å². The monoisotopic (exact) mass is 392 g/mol. The molecule has 0 saturated heterocycles. The van der Waals surface area contributed by atoms with Crippen molar-refractivity contribution in [2.75, 3.05) is 20.8 Å². The summed E-state index contributed by atoms with van der Waals surface area (Å²) in [5.74, 6) is 0.397. The lowest BCUT2D eigenvalue weighted by atomic mass is 10.1. The number of benzene rings is 2. The zero-order chi connectivity index (χ0) is 20.0. The van der Waals surface area contributed by atoms with E-state index >= 15 is 0 Å². The Morgan fingerprint density at radius 2 is 1.85 bits per heavy atom. The van der Waals surface area contributed by atoms with E-state index in [0.29, 0.717) is 6.61 Å². The minimum Gasteiger partial charge on any atom is -0.494 e. The van der Waals surface area contributed by atoms with Gasteiger partial charge in [0.15, 0.2) is 0 Å². The van der Waals surface area contributed by atoms with E-state index in [4.69, 9.17) is 9.57 Å². The molecule has 7 nitrogen and oxygen atoms in total. The molecule has 0 heterocycles. The normalized spacial score (nSPS) is 12.6. The second kappa shape index (κ2) is 8.98. The Kier molecular flexibility index (Phi) is 6.95. The number of nitrogens with one attached hydrogen (secondary N) is 1. The Bertz CT molecular complexity index is 881. The minimum absolute atomic E-state index is 0.0202. The summed E-state index contributed by atoms with van der Waals surface area (Å²) < 4.78 is 30.8. The summed E-state index contributed by atoms with van der Waals surface area (Å²) in [6.45, 7) is 4.35. The zero-order valence-electron chi connectivity index (χ0n) is 15.8. The van der Waals surface area contributed by atoms with Crippen LogP contribution in [0, 0.1) is 0 Å². The summed E-state index contributed by atoms with van der Waals surface area (Å²) in [6, 6.07) is 13.0. The molecule has 0 saturated carbocycles. The standard InChI is InChI=1S/C19H24N2O5S/c1-5-26-17-11-9-15(10-12-17)14(2)20-19(22)16-7-6-8-18(13-16)27(23,24)21(3)25-4/h6-14H,5H2,1-4H3,(H,20,22). The third kappa shape index (κ3) is 5.06. The highest BCUT2D eigenvalue weighted by molar-refractivity contribution is 7.89. The molecule has 0 radical (unpaired) electrons. The van der Waals surface area contributed by atoms with E-state index in [0.717, 1.165) is 15.8 Å². The molecule has 1 atom stereocenters. The van der Waals surface area contributed by atoms with Crippen molar-refractivity contribution in [2.45, 2.75) is 24.8 Å². The van der Waals surface area contributed by atoms with Crippen molar-refractivity contribution in [1.29, 1.82) is 0 Å². The maximum absolute atomic E-state index is 12.5. The number of rotatable bonds is 8. The Labute approximate surface area is 159 Å². The summed E-state index contributed by atoms with van der Waals surface area (Å²) >= 11 is 0. The fourth-order valence-corrected chi connectivity index (χ4v) is 3.45. The Balaban J connectivity index is 2.15. The van der Waals surface area contributed by atoms with Crippen LogP contribution >= 0.6 is 0 Å². The second-order valence-corrected chi connectivity index (χ2v) is 7.76. The number of carbonyl (C=O) groups is 1. The van der Waals surface area contributed by atoms with Crippen molar-refractivity contribution < 1.29 is 22.8 Å². The predicted molar refractivity (Wildman–Crippen MR) is 102 cm³/mol. The lowest BCUT2D eigenvalue weighted by Crippen LogP contribution is -2.28. The molecule has 146 valence electrons. The quantitative estimate of drug-likeness (QED) is 0.698. The minimum atomic E-state index is -3.82. The molecule has 1 unspecified atom stereocenters. The molecule has 2 rings (SSSR count). The van der Waals surface area contributed by atoms with Gasteiger partial charge in [-0.1, -0.05) is 22.7 Å². The van der Waals surface area contributed by atoms with Crippen LogP contribution in [-0.2, 0) is 14.9 Å². The third-order valence-corrected chi connectivity index (χ3v) is 5.70. The molecule has 0 aromatic heterocycles. The van der Waals surface area contributed by atoms with Crippen LogP contribution in [0.5, 0.6) is 5.75 Å². The van der Waals surface area contributed by atoms with E-state index in [1.165, 1.54) is 32.4 Å². The van der Waals surface area contributed by atoms with Gasteiger partial charge in [0.05, 0.1) is 24.7 Å². The molecule has 1 N–H and O–H groups in total. The predicted octanol–water partition coefficient (Wildman–Crippen LogP) is 2.76. The molecule has 0 aliphatic carbocycles. The maximum Gasteiger partial charge on any atom is 0.264 e. The van der Waals surface area contributed by atoms with Crippen LogP contribution in [0.3, 0.4) is 0 Å². The molecule has 27 heavy (non-hydrogen) atoms. The number of sulfonamides is 1. The van der Waals surface area contributed by atoms with Crippen LogP contribution in [0.1, 0.15) is 35.8 Å². The lowest BCUT2D eigenvalue weighted by molar-refractivity contribution is -0.0258. The summed E-state index contributed by atoms with van der Waals surface area (Å²) in [5, 5.41) is 2.87. The highest BCUT2D eigenvalue weighted by Crippen LogP contribution is 2.19. The largest absolute Gasteiger partial charge is 0.494 e. The fraction of sp³-hybridized carbons (Fsp3) is 0.316. The zero-order valence-corrected chi connectivity index (χ0v) is 16.6. The third-order valence-electron chi connectivity index (χ3n) is 4.03. The second-order valence-electron chi connectivity index (χ2n) is 5.82. The van der Waals surface area contributed by atoms with E-state index in [-0.39, 0.29) is 22.4 Å². The number of ether oxygens (including phenoxy) is 1. The van der Waals surface area contributed by atoms with Crippen LogP contribution in [0.15, 0.2) is 53.4 Å². The topological polar surface area (TPSA) is 84.9 Å². The Morgan fingerprint density at radius 3 is 2.44 bits per heavy atom. The molecule has 0 bridgehead atoms. The van der Waals surface area contributed by atoms with E-state index in [1.807, 2.05) is 38.1 Å². The molecule has 0 aliphatic heterocycles. The van der Waals surface area contributed by atoms with Gasteiger partial charge in [0.1, 0.15) is 5.75 Å². The Morgan fingerprint density at radius 1 is 1.19 bits per heavy atom. The van der Waals surface area contributed by atoms with E-state index in [2.05, 4.69) is 5.32 Å². The number of carbonyl (C=O) groups excluding carboxylic acids is 1. The summed E-state index contributed by atoms with van der Waals surface area (Å²) in [4.78, 5) is 17.3. The fourth-order valence-electron chi connectivity index (χ4n) is 2.43. The molecular formula is C19H24N2O5S. The molecule has 0 spiro atoms. The molecule has 0 fully saturated rings. The first kappa shape index (κ1) is 20.9. The van der Waals surface area contributed by atoms with Crippen LogP contribution < -0.4 is 10.1 Å². The van der Waals surface area contributed by atoms with Crippen molar-refractivity contribution in [3.8, 4) is 5.75 Å².